The van der Waals surface area contributed by atoms with Gasteiger partial charge in [-0.2, -0.15) is 0 Å². The van der Waals surface area contributed by atoms with E-state index in [4.69, 9.17) is 5.73 Å². The molecule has 1 aromatic heterocycles. The summed E-state index contributed by atoms with van der Waals surface area (Å²) < 4.78 is 11.7. The lowest BCUT2D eigenvalue weighted by Gasteiger charge is -2.48. The van der Waals surface area contributed by atoms with Crippen molar-refractivity contribution in [3.63, 3.8) is 0 Å². The number of primary amides is 1. The molecule has 0 saturated carbocycles. The van der Waals surface area contributed by atoms with Gasteiger partial charge in [-0.15, -0.1) is 0 Å². The molecule has 5 rings (SSSR count). The number of likely N-dealkylation sites (tertiary alicyclic amines) is 1. The lowest BCUT2D eigenvalue weighted by molar-refractivity contribution is 0.0678. The maximum atomic E-state index is 12.9. The quantitative estimate of drug-likeness (QED) is 0.442. The molecule has 3 aliphatic heterocycles. The Labute approximate surface area is 219 Å². The van der Waals surface area contributed by atoms with Gasteiger partial charge in [0, 0.05) is 72.9 Å². The molecule has 3 aliphatic rings. The zero-order valence-corrected chi connectivity index (χ0v) is 21.9. The molecule has 1 aromatic carbocycles. The first-order valence-corrected chi connectivity index (χ1v) is 14.3. The lowest BCUT2D eigenvalue weighted by Crippen LogP contribution is -2.60. The van der Waals surface area contributed by atoms with Crippen LogP contribution in [0.5, 0.6) is 0 Å². The van der Waals surface area contributed by atoms with E-state index in [0.29, 0.717) is 28.4 Å². The molecular weight excluding hydrogens is 492 g/mol. The highest BCUT2D eigenvalue weighted by Crippen LogP contribution is 2.35. The number of anilines is 3. The molecule has 12 heteroatoms. The number of hydrogen-bond acceptors (Lipinski definition) is 8. The normalized spacial score (nSPS) is 21.7. The van der Waals surface area contributed by atoms with Gasteiger partial charge in [-0.1, -0.05) is 0 Å². The highest BCUT2D eigenvalue weighted by atomic mass is 32.2. The third-order valence-corrected chi connectivity index (χ3v) is 8.56. The molecular formula is C25H34N8O3S. The summed E-state index contributed by atoms with van der Waals surface area (Å²) in [6.45, 7) is 5.11. The van der Waals surface area contributed by atoms with Crippen molar-refractivity contribution in [3.05, 3.63) is 36.2 Å². The summed E-state index contributed by atoms with van der Waals surface area (Å²) in [4.78, 5) is 38.6. The number of amides is 3. The summed E-state index contributed by atoms with van der Waals surface area (Å²) in [5.41, 5.74) is 6.66. The molecule has 2 atom stereocenters. The molecule has 37 heavy (non-hydrogen) atoms. The van der Waals surface area contributed by atoms with Crippen molar-refractivity contribution in [2.75, 3.05) is 55.7 Å². The Kier molecular flexibility index (Phi) is 7.29. The molecule has 2 unspecified atom stereocenters. The van der Waals surface area contributed by atoms with Crippen LogP contribution in [0.2, 0.25) is 0 Å². The van der Waals surface area contributed by atoms with Gasteiger partial charge in [0.25, 0.3) is 5.91 Å². The summed E-state index contributed by atoms with van der Waals surface area (Å²) in [5.74, 6) is 0.182. The molecule has 11 nitrogen and oxygen atoms in total. The number of rotatable bonds is 6. The molecule has 5 N–H and O–H groups in total. The van der Waals surface area contributed by atoms with E-state index in [0.717, 1.165) is 58.4 Å². The number of carbonyl (C=O) groups excluding carboxylic acids is 2. The van der Waals surface area contributed by atoms with Crippen LogP contribution in [0.1, 0.15) is 36.2 Å². The van der Waals surface area contributed by atoms with Crippen molar-refractivity contribution in [3.8, 4) is 0 Å². The van der Waals surface area contributed by atoms with Crippen LogP contribution in [0.25, 0.3) is 0 Å². The second-order valence-corrected chi connectivity index (χ2v) is 11.6. The van der Waals surface area contributed by atoms with Crippen LogP contribution >= 0.6 is 0 Å². The van der Waals surface area contributed by atoms with Crippen LogP contribution in [0, 0.1) is 5.41 Å². The Hall–Kier alpha value is -3.25. The fourth-order valence-electron chi connectivity index (χ4n) is 5.25. The largest absolute Gasteiger partial charge is 0.364 e. The first-order valence-electron chi connectivity index (χ1n) is 12.7. The van der Waals surface area contributed by atoms with Crippen molar-refractivity contribution in [1.82, 2.24) is 25.5 Å². The highest BCUT2D eigenvalue weighted by Gasteiger charge is 2.40. The van der Waals surface area contributed by atoms with Crippen molar-refractivity contribution in [2.24, 2.45) is 11.1 Å². The number of nitrogens with two attached hydrogens (primary N) is 1. The number of nitrogens with zero attached hydrogens (tertiary/aromatic N) is 4. The van der Waals surface area contributed by atoms with Crippen molar-refractivity contribution >= 4 is 40.1 Å². The Balaban J connectivity index is 1.24. The van der Waals surface area contributed by atoms with Crippen molar-refractivity contribution < 1.29 is 13.8 Å². The van der Waals surface area contributed by atoms with Gasteiger partial charge in [0.05, 0.1) is 6.20 Å². The third-order valence-electron chi connectivity index (χ3n) is 7.63. The van der Waals surface area contributed by atoms with Crippen LogP contribution in [0.15, 0.2) is 35.4 Å². The standard InChI is InChI=1S/C25H34N8O3S/c1-37(36)19-6-4-17(5-7-19)29-23-21(22(26)34)28-13-20(31-23)33-10-2-3-18(14-33)30-24(35)32-11-8-25(9-12-32)15-27-16-25/h4-7,13,18,27H,2-3,8-12,14-16H2,1H3,(H2,26,34)(H,29,31)(H,30,35). The smallest absolute Gasteiger partial charge is 0.317 e. The number of urea groups is 1. The third kappa shape index (κ3) is 5.69. The second kappa shape index (κ2) is 10.6. The molecule has 1 spiro atoms. The van der Waals surface area contributed by atoms with Gasteiger partial charge >= 0.3 is 6.03 Å². The summed E-state index contributed by atoms with van der Waals surface area (Å²) in [5, 5.41) is 9.70. The van der Waals surface area contributed by atoms with E-state index in [1.807, 2.05) is 4.90 Å². The fourth-order valence-corrected chi connectivity index (χ4v) is 5.77. The van der Waals surface area contributed by atoms with Crippen molar-refractivity contribution in [1.29, 1.82) is 0 Å². The first-order chi connectivity index (χ1) is 17.8. The predicted octanol–water partition coefficient (Wildman–Crippen LogP) is 1.42. The van der Waals surface area contributed by atoms with Gasteiger partial charge in [-0.25, -0.2) is 14.8 Å². The van der Waals surface area contributed by atoms with E-state index < -0.39 is 16.7 Å². The van der Waals surface area contributed by atoms with Crippen LogP contribution in [0.3, 0.4) is 0 Å². The predicted molar refractivity (Wildman–Crippen MR) is 142 cm³/mol. The maximum absolute atomic E-state index is 12.9. The molecule has 4 heterocycles. The van der Waals surface area contributed by atoms with E-state index >= 15 is 0 Å². The number of hydrogen-bond donors (Lipinski definition) is 4. The van der Waals surface area contributed by atoms with Gasteiger partial charge in [0.1, 0.15) is 5.82 Å². The minimum Gasteiger partial charge on any atom is -0.364 e. The van der Waals surface area contributed by atoms with Crippen molar-refractivity contribution in [2.45, 2.75) is 36.6 Å². The van der Waals surface area contributed by atoms with E-state index in [9.17, 15) is 13.8 Å². The number of carbonyl (C=O) groups is 2. The molecule has 3 saturated heterocycles. The number of benzene rings is 1. The van der Waals surface area contributed by atoms with Gasteiger partial charge in [0.2, 0.25) is 0 Å². The van der Waals surface area contributed by atoms with Crippen LogP contribution < -0.4 is 26.6 Å². The second-order valence-electron chi connectivity index (χ2n) is 10.2. The lowest BCUT2D eigenvalue weighted by atomic mass is 9.73. The van der Waals surface area contributed by atoms with E-state index in [-0.39, 0.29) is 23.6 Å². The summed E-state index contributed by atoms with van der Waals surface area (Å²) in [6, 6.07) is 7.05. The summed E-state index contributed by atoms with van der Waals surface area (Å²) in [6.07, 6.45) is 7.08. The van der Waals surface area contributed by atoms with Crippen LogP contribution in [-0.4, -0.2) is 82.6 Å². The topological polar surface area (TPSA) is 146 Å². The zero-order valence-electron chi connectivity index (χ0n) is 21.0. The Morgan fingerprint density at radius 1 is 1.16 bits per heavy atom. The minimum absolute atomic E-state index is 0.000934. The Bertz CT molecular complexity index is 1180. The average Bonchev–Trinajstić information content (AvgIpc) is 2.88. The number of piperidine rings is 2. The average molecular weight is 527 g/mol. The maximum Gasteiger partial charge on any atom is 0.317 e. The van der Waals surface area contributed by atoms with E-state index in [1.54, 1.807) is 36.7 Å². The SMILES string of the molecule is CS(=O)c1ccc(Nc2nc(N3CCCC(NC(=O)N4CCC5(CC4)CNC5)C3)cnc2C(N)=O)cc1. The molecule has 0 radical (unpaired) electrons. The summed E-state index contributed by atoms with van der Waals surface area (Å²) >= 11 is 0. The van der Waals surface area contributed by atoms with Gasteiger partial charge < -0.3 is 31.5 Å². The zero-order chi connectivity index (χ0) is 26.0. The molecule has 198 valence electrons. The summed E-state index contributed by atoms with van der Waals surface area (Å²) in [7, 11) is -1.09. The van der Waals surface area contributed by atoms with Crippen LogP contribution in [-0.2, 0) is 10.8 Å². The Morgan fingerprint density at radius 3 is 2.51 bits per heavy atom. The van der Waals surface area contributed by atoms with E-state index in [2.05, 4.69) is 30.8 Å². The number of aromatic nitrogens is 2. The molecule has 0 aliphatic carbocycles. The highest BCUT2D eigenvalue weighted by molar-refractivity contribution is 7.84. The molecule has 2 aromatic rings. The first kappa shape index (κ1) is 25.4. The Morgan fingerprint density at radius 2 is 1.89 bits per heavy atom. The van der Waals surface area contributed by atoms with Gasteiger partial charge in [-0.3, -0.25) is 9.00 Å². The van der Waals surface area contributed by atoms with Gasteiger partial charge in [-0.05, 0) is 55.4 Å². The molecule has 0 bridgehead atoms. The minimum atomic E-state index is -1.09. The monoisotopic (exact) mass is 526 g/mol. The molecule has 3 fully saturated rings. The fraction of sp³-hybridized carbons (Fsp3) is 0.520. The van der Waals surface area contributed by atoms with E-state index in [1.165, 1.54) is 0 Å². The van der Waals surface area contributed by atoms with Crippen LogP contribution in [0.4, 0.5) is 22.1 Å². The number of nitrogens with one attached hydrogen (secondary N) is 3. The molecule has 3 amide bonds. The van der Waals surface area contributed by atoms with Gasteiger partial charge in [0.15, 0.2) is 11.5 Å².